The number of hydrogen-bond donors (Lipinski definition) is 1. The van der Waals surface area contributed by atoms with E-state index in [2.05, 4.69) is 10.1 Å². The zero-order valence-corrected chi connectivity index (χ0v) is 13.2. The summed E-state index contributed by atoms with van der Waals surface area (Å²) in [6.07, 6.45) is -0.296. The highest BCUT2D eigenvalue weighted by molar-refractivity contribution is 7.90. The Balaban J connectivity index is 2.07. The van der Waals surface area contributed by atoms with E-state index in [4.69, 9.17) is 4.52 Å². The van der Waals surface area contributed by atoms with Crippen LogP contribution in [-0.2, 0) is 22.0 Å². The van der Waals surface area contributed by atoms with E-state index < -0.39 is 39.1 Å². The van der Waals surface area contributed by atoms with Crippen molar-refractivity contribution in [3.63, 3.8) is 0 Å². The molecule has 0 radical (unpaired) electrons. The number of hydrogen-bond acceptors (Lipinski definition) is 6. The molecule has 6 nitrogen and oxygen atoms in total. The van der Waals surface area contributed by atoms with E-state index in [1.54, 1.807) is 0 Å². The third kappa shape index (κ3) is 4.80. The molecule has 23 heavy (non-hydrogen) atoms. The molecule has 1 N–H and O–H groups in total. The lowest BCUT2D eigenvalue weighted by Crippen LogP contribution is -2.18. The fourth-order valence-electron chi connectivity index (χ4n) is 2.02. The maximum atomic E-state index is 13.6. The lowest BCUT2D eigenvalue weighted by molar-refractivity contribution is 0.196. The Morgan fingerprint density at radius 1 is 1.35 bits per heavy atom. The van der Waals surface area contributed by atoms with Crippen molar-refractivity contribution in [2.45, 2.75) is 31.6 Å². The first-order valence-electron chi connectivity index (χ1n) is 6.95. The van der Waals surface area contributed by atoms with E-state index in [1.165, 1.54) is 0 Å². The summed E-state index contributed by atoms with van der Waals surface area (Å²) in [7, 11) is -3.81. The molecule has 126 valence electrons. The highest BCUT2D eigenvalue weighted by Gasteiger charge is 2.24. The maximum Gasteiger partial charge on any atom is 0.226 e. The van der Waals surface area contributed by atoms with Crippen molar-refractivity contribution in [3.8, 4) is 0 Å². The Morgan fingerprint density at radius 2 is 2.09 bits per heavy atom. The fraction of sp³-hybridized carbons (Fsp3) is 0.429. The van der Waals surface area contributed by atoms with Crippen molar-refractivity contribution < 1.29 is 26.8 Å². The SMILES string of the molecule is CCCc1nc(CS(=O)(=O)CC(O)c2ccc(F)cc2F)no1. The number of aliphatic hydroxyl groups is 1. The van der Waals surface area contributed by atoms with Crippen LogP contribution in [0.3, 0.4) is 0 Å². The first-order valence-corrected chi connectivity index (χ1v) is 8.77. The van der Waals surface area contributed by atoms with Gasteiger partial charge in [-0.2, -0.15) is 4.98 Å². The van der Waals surface area contributed by atoms with E-state index in [9.17, 15) is 22.3 Å². The van der Waals surface area contributed by atoms with Gasteiger partial charge in [0.1, 0.15) is 17.4 Å². The van der Waals surface area contributed by atoms with Gasteiger partial charge in [0, 0.05) is 18.1 Å². The van der Waals surface area contributed by atoms with Crippen LogP contribution in [0.25, 0.3) is 0 Å². The van der Waals surface area contributed by atoms with Gasteiger partial charge in [-0.1, -0.05) is 18.1 Å². The van der Waals surface area contributed by atoms with Gasteiger partial charge in [0.05, 0.1) is 11.9 Å². The number of benzene rings is 1. The van der Waals surface area contributed by atoms with Gasteiger partial charge in [0.15, 0.2) is 15.7 Å². The van der Waals surface area contributed by atoms with Crippen LogP contribution in [0, 0.1) is 11.6 Å². The molecule has 0 bridgehead atoms. The van der Waals surface area contributed by atoms with Gasteiger partial charge >= 0.3 is 0 Å². The van der Waals surface area contributed by atoms with Gasteiger partial charge in [-0.25, -0.2) is 17.2 Å². The number of aromatic nitrogens is 2. The van der Waals surface area contributed by atoms with Crippen molar-refractivity contribution in [1.82, 2.24) is 10.1 Å². The van der Waals surface area contributed by atoms with Crippen molar-refractivity contribution in [2.24, 2.45) is 0 Å². The summed E-state index contributed by atoms with van der Waals surface area (Å²) >= 11 is 0. The summed E-state index contributed by atoms with van der Waals surface area (Å²) in [4.78, 5) is 3.93. The third-order valence-corrected chi connectivity index (χ3v) is 4.58. The normalized spacial score (nSPS) is 13.2. The molecule has 2 rings (SSSR count). The Labute approximate surface area is 132 Å². The first kappa shape index (κ1) is 17.5. The van der Waals surface area contributed by atoms with Crippen LogP contribution in [-0.4, -0.2) is 29.4 Å². The van der Waals surface area contributed by atoms with E-state index in [0.29, 0.717) is 18.4 Å². The van der Waals surface area contributed by atoms with Crippen LogP contribution in [0.15, 0.2) is 22.7 Å². The lowest BCUT2D eigenvalue weighted by atomic mass is 10.1. The molecule has 0 saturated carbocycles. The standard InChI is InChI=1S/C14H16F2N2O4S/c1-2-3-14-17-13(18-22-14)8-23(20,21)7-12(19)10-5-4-9(15)6-11(10)16/h4-6,12,19H,2-3,7-8H2,1H3. The number of nitrogens with zero attached hydrogens (tertiary/aromatic N) is 2. The number of halogens is 2. The highest BCUT2D eigenvalue weighted by atomic mass is 32.2. The molecule has 0 fully saturated rings. The van der Waals surface area contributed by atoms with Gasteiger partial charge in [-0.05, 0) is 12.5 Å². The van der Waals surface area contributed by atoms with Crippen LogP contribution in [0.4, 0.5) is 8.78 Å². The summed E-state index contributed by atoms with van der Waals surface area (Å²) < 4.78 is 55.4. The molecule has 9 heteroatoms. The van der Waals surface area contributed by atoms with E-state index in [-0.39, 0.29) is 11.4 Å². The average Bonchev–Trinajstić information content (AvgIpc) is 2.84. The molecule has 2 aromatic rings. The van der Waals surface area contributed by atoms with Gasteiger partial charge in [-0.15, -0.1) is 0 Å². The molecule has 1 atom stereocenters. The second-order valence-electron chi connectivity index (χ2n) is 5.09. The summed E-state index contributed by atoms with van der Waals surface area (Å²) in [6.45, 7) is 1.91. The molecule has 0 aliphatic rings. The lowest BCUT2D eigenvalue weighted by Gasteiger charge is -2.11. The summed E-state index contributed by atoms with van der Waals surface area (Å²) in [5, 5.41) is 13.4. The molecule has 0 amide bonds. The van der Waals surface area contributed by atoms with Crippen molar-refractivity contribution >= 4 is 9.84 Å². The minimum absolute atomic E-state index is 0.0137. The van der Waals surface area contributed by atoms with Crippen molar-refractivity contribution in [1.29, 1.82) is 0 Å². The van der Waals surface area contributed by atoms with Crippen LogP contribution < -0.4 is 0 Å². The van der Waals surface area contributed by atoms with Gasteiger partial charge < -0.3 is 9.63 Å². The largest absolute Gasteiger partial charge is 0.387 e. The Bertz CT molecular complexity index is 777. The highest BCUT2D eigenvalue weighted by Crippen LogP contribution is 2.20. The first-order chi connectivity index (χ1) is 10.8. The number of aliphatic hydroxyl groups excluding tert-OH is 1. The van der Waals surface area contributed by atoms with Crippen LogP contribution in [0.5, 0.6) is 0 Å². The molecular weight excluding hydrogens is 330 g/mol. The van der Waals surface area contributed by atoms with Crippen molar-refractivity contribution in [2.75, 3.05) is 5.75 Å². The van der Waals surface area contributed by atoms with Crippen LogP contribution in [0.1, 0.15) is 36.7 Å². The topological polar surface area (TPSA) is 93.3 Å². The van der Waals surface area contributed by atoms with Gasteiger partial charge in [0.25, 0.3) is 0 Å². The monoisotopic (exact) mass is 346 g/mol. The van der Waals surface area contributed by atoms with E-state index >= 15 is 0 Å². The molecule has 1 unspecified atom stereocenters. The average molecular weight is 346 g/mol. The second-order valence-corrected chi connectivity index (χ2v) is 7.20. The number of rotatable bonds is 7. The minimum Gasteiger partial charge on any atom is -0.387 e. The fourth-order valence-corrected chi connectivity index (χ4v) is 3.31. The molecule has 1 heterocycles. The number of sulfone groups is 1. The Hall–Kier alpha value is -1.87. The zero-order chi connectivity index (χ0) is 17.0. The molecule has 0 aliphatic heterocycles. The van der Waals surface area contributed by atoms with E-state index in [0.717, 1.165) is 18.6 Å². The summed E-state index contributed by atoms with van der Waals surface area (Å²) in [5.41, 5.74) is -0.283. The Kier molecular flexibility index (Phi) is 5.42. The summed E-state index contributed by atoms with van der Waals surface area (Å²) in [6, 6.07) is 2.55. The minimum atomic E-state index is -3.81. The van der Waals surface area contributed by atoms with E-state index in [1.807, 2.05) is 6.92 Å². The van der Waals surface area contributed by atoms with Gasteiger partial charge in [0.2, 0.25) is 5.89 Å². The zero-order valence-electron chi connectivity index (χ0n) is 12.4. The third-order valence-electron chi connectivity index (χ3n) is 3.06. The maximum absolute atomic E-state index is 13.6. The van der Waals surface area contributed by atoms with Gasteiger partial charge in [-0.3, -0.25) is 0 Å². The Morgan fingerprint density at radius 3 is 2.74 bits per heavy atom. The smallest absolute Gasteiger partial charge is 0.226 e. The van der Waals surface area contributed by atoms with Crippen LogP contribution >= 0.6 is 0 Å². The molecule has 1 aromatic carbocycles. The second kappa shape index (κ2) is 7.14. The summed E-state index contributed by atoms with van der Waals surface area (Å²) in [5.74, 6) is -2.75. The van der Waals surface area contributed by atoms with Crippen LogP contribution in [0.2, 0.25) is 0 Å². The quantitative estimate of drug-likeness (QED) is 0.824. The molecule has 0 spiro atoms. The number of aryl methyl sites for hydroxylation is 1. The molecular formula is C14H16F2N2O4S. The van der Waals surface area contributed by atoms with Crippen molar-refractivity contribution in [3.05, 3.63) is 47.1 Å². The molecule has 0 saturated heterocycles. The molecule has 0 aliphatic carbocycles. The predicted molar refractivity (Wildman–Crippen MR) is 77.1 cm³/mol. The predicted octanol–water partition coefficient (Wildman–Crippen LogP) is 1.95. The molecule has 1 aromatic heterocycles.